The number of hydrogen-bond donors (Lipinski definition) is 0. The number of anilines is 1. The van der Waals surface area contributed by atoms with Crippen LogP contribution in [0.5, 0.6) is 0 Å². The summed E-state index contributed by atoms with van der Waals surface area (Å²) in [6.07, 6.45) is 5.80. The van der Waals surface area contributed by atoms with Crippen molar-refractivity contribution in [1.82, 2.24) is 0 Å². The van der Waals surface area contributed by atoms with Crippen LogP contribution in [0.1, 0.15) is 86.2 Å². The molecule has 0 radical (unpaired) electrons. The third-order valence-electron chi connectivity index (χ3n) is 8.87. The molecule has 50 heavy (non-hydrogen) atoms. The number of ether oxygens (including phenoxy) is 2. The van der Waals surface area contributed by atoms with Crippen LogP contribution in [0.15, 0.2) is 60.3 Å². The number of nitrogens with zero attached hydrogens (tertiary/aromatic N) is 2. The maximum absolute atomic E-state index is 12.6. The van der Waals surface area contributed by atoms with E-state index in [-0.39, 0.29) is 68.7 Å². The summed E-state index contributed by atoms with van der Waals surface area (Å²) in [6.45, 7) is 12.3. The van der Waals surface area contributed by atoms with Gasteiger partial charge in [0.05, 0.1) is 50.0 Å². The molecule has 0 N–H and O–H groups in total. The van der Waals surface area contributed by atoms with E-state index in [0.29, 0.717) is 11.1 Å². The maximum Gasteiger partial charge on any atom is 1.00 e. The third-order valence-corrected chi connectivity index (χ3v) is 10.4. The number of esters is 2. The zero-order valence-corrected chi connectivity index (χ0v) is 33.3. The monoisotopic (exact) mass is 738 g/mol. The fourth-order valence-corrected chi connectivity index (χ4v) is 7.51. The molecule has 0 bridgehead atoms. The molecule has 0 amide bonds. The first kappa shape index (κ1) is 41.6. The van der Waals surface area contributed by atoms with Crippen LogP contribution in [0.4, 0.5) is 11.4 Å². The number of benzene rings is 2. The van der Waals surface area contributed by atoms with Crippen molar-refractivity contribution in [1.29, 1.82) is 0 Å². The summed E-state index contributed by atoms with van der Waals surface area (Å²) in [5.74, 6) is -1.99. The molecular formula is C35H43N2NaO10S2. The third kappa shape index (κ3) is 9.32. The minimum absolute atomic E-state index is 0. The van der Waals surface area contributed by atoms with Gasteiger partial charge in [0.25, 0.3) is 0 Å². The molecule has 2 aromatic carbocycles. The molecule has 0 saturated carbocycles. The van der Waals surface area contributed by atoms with Gasteiger partial charge >= 0.3 is 41.5 Å². The van der Waals surface area contributed by atoms with Gasteiger partial charge in [0, 0.05) is 59.0 Å². The summed E-state index contributed by atoms with van der Waals surface area (Å²) < 4.78 is 80.9. The summed E-state index contributed by atoms with van der Waals surface area (Å²) in [5, 5.41) is 0. The van der Waals surface area contributed by atoms with E-state index in [9.17, 15) is 35.5 Å². The molecule has 2 aliphatic heterocycles. The number of rotatable bonds is 14. The van der Waals surface area contributed by atoms with E-state index in [2.05, 4.69) is 0 Å². The van der Waals surface area contributed by atoms with E-state index in [1.165, 1.54) is 0 Å². The minimum atomic E-state index is -4.43. The van der Waals surface area contributed by atoms with Crippen LogP contribution in [-0.2, 0) is 40.5 Å². The first-order chi connectivity index (χ1) is 22.8. The van der Waals surface area contributed by atoms with Gasteiger partial charge in [-0.05, 0) is 76.1 Å². The molecule has 0 spiro atoms. The van der Waals surface area contributed by atoms with Crippen molar-refractivity contribution in [2.75, 3.05) is 42.7 Å². The summed E-state index contributed by atoms with van der Waals surface area (Å²) in [5.41, 5.74) is 4.27. The molecule has 2 aromatic rings. The van der Waals surface area contributed by atoms with Gasteiger partial charge in [-0.15, -0.1) is 0 Å². The van der Waals surface area contributed by atoms with E-state index in [0.717, 1.165) is 33.9 Å². The number of hydrogen-bond acceptors (Lipinski definition) is 11. The topological polar surface area (TPSA) is 173 Å². The fraction of sp³-hybridized carbons (Fsp3) is 0.457. The smallest absolute Gasteiger partial charge is 0.748 e. The summed E-state index contributed by atoms with van der Waals surface area (Å²) in [4.78, 5) is 27.1. The van der Waals surface area contributed by atoms with E-state index in [1.807, 2.05) is 55.4 Å². The Morgan fingerprint density at radius 1 is 0.820 bits per heavy atom. The van der Waals surface area contributed by atoms with Crippen molar-refractivity contribution >= 4 is 49.3 Å². The Balaban J connectivity index is 0.00000676. The SMILES string of the molecule is CCOC(=O)c1ccc2c(c1)C(C)(C)C(=CC=CC1=[N+](CCCS(=O)(=O)[O-])c3ccc(C(=O)OCC)cc3C1(C)C)N2CCCS(=O)(=O)[O-].[Na+]. The molecule has 2 heterocycles. The van der Waals surface area contributed by atoms with Crippen molar-refractivity contribution in [3.63, 3.8) is 0 Å². The predicted molar refractivity (Wildman–Crippen MR) is 184 cm³/mol. The second kappa shape index (κ2) is 16.2. The molecule has 0 saturated heterocycles. The quantitative estimate of drug-likeness (QED) is 0.119. The average molecular weight is 739 g/mol. The summed E-state index contributed by atoms with van der Waals surface area (Å²) in [7, 11) is -8.86. The molecule has 2 aliphatic rings. The Bertz CT molecular complexity index is 1950. The second-order valence-electron chi connectivity index (χ2n) is 13.0. The van der Waals surface area contributed by atoms with Gasteiger partial charge in [0.1, 0.15) is 6.54 Å². The molecule has 0 unspecified atom stereocenters. The first-order valence-electron chi connectivity index (χ1n) is 16.1. The Morgan fingerprint density at radius 2 is 1.36 bits per heavy atom. The molecule has 0 aliphatic carbocycles. The molecule has 15 heteroatoms. The Kier molecular flexibility index (Phi) is 13.5. The Labute approximate surface area is 317 Å². The van der Waals surface area contributed by atoms with Crippen molar-refractivity contribution in [3.8, 4) is 0 Å². The average Bonchev–Trinajstić information content (AvgIpc) is 3.34. The second-order valence-corrected chi connectivity index (χ2v) is 16.0. The largest absolute Gasteiger partial charge is 1.00 e. The Morgan fingerprint density at radius 3 is 1.92 bits per heavy atom. The molecular weight excluding hydrogens is 696 g/mol. The number of carbonyl (C=O) groups is 2. The molecule has 12 nitrogen and oxygen atoms in total. The number of carbonyl (C=O) groups excluding carboxylic acids is 2. The van der Waals surface area contributed by atoms with Crippen molar-refractivity contribution in [2.24, 2.45) is 0 Å². The van der Waals surface area contributed by atoms with Crippen molar-refractivity contribution in [3.05, 3.63) is 82.6 Å². The zero-order valence-electron chi connectivity index (χ0n) is 29.6. The standard InChI is InChI=1S/C35H44N2O10S2.Na/c1-7-46-32(38)24-14-16-28-26(22-24)34(3,4)30(36(28)18-10-20-48(40,41)42)12-9-13-31-35(5,6)27-23-25(33(39)47-8-2)15-17-29(27)37(31)19-11-21-49(43,44)45;/h9,12-17,22-23H,7-8,10-11,18-21H2,1-6H3,(H-,40,41,42,43,44,45);/q;+1/p-1. The van der Waals surface area contributed by atoms with Gasteiger partial charge in [0.15, 0.2) is 5.71 Å². The van der Waals surface area contributed by atoms with Crippen molar-refractivity contribution in [2.45, 2.75) is 65.2 Å². The normalized spacial score (nSPS) is 17.1. The summed E-state index contributed by atoms with van der Waals surface area (Å²) >= 11 is 0. The molecule has 0 aromatic heterocycles. The van der Waals surface area contributed by atoms with Crippen LogP contribution in [0.3, 0.4) is 0 Å². The van der Waals surface area contributed by atoms with Gasteiger partial charge < -0.3 is 23.5 Å². The van der Waals surface area contributed by atoms with Gasteiger partial charge in [-0.2, -0.15) is 4.58 Å². The van der Waals surface area contributed by atoms with Gasteiger partial charge in [-0.1, -0.05) is 19.9 Å². The van der Waals surface area contributed by atoms with E-state index < -0.39 is 54.5 Å². The van der Waals surface area contributed by atoms with Crippen LogP contribution in [-0.4, -0.2) is 86.0 Å². The van der Waals surface area contributed by atoms with Crippen molar-refractivity contribution < 1.29 is 79.1 Å². The molecule has 4 rings (SSSR count). The molecule has 266 valence electrons. The van der Waals surface area contributed by atoms with E-state index >= 15 is 0 Å². The number of allylic oxidation sites excluding steroid dienone is 4. The molecule has 0 fully saturated rings. The van der Waals surface area contributed by atoms with Crippen LogP contribution in [0.25, 0.3) is 0 Å². The van der Waals surface area contributed by atoms with Gasteiger partial charge in [0.2, 0.25) is 5.69 Å². The van der Waals surface area contributed by atoms with Crippen LogP contribution < -0.4 is 34.5 Å². The fourth-order valence-electron chi connectivity index (χ4n) is 6.54. The Hall–Kier alpha value is -2.85. The zero-order chi connectivity index (χ0) is 36.4. The van der Waals surface area contributed by atoms with Gasteiger partial charge in [-0.3, -0.25) is 0 Å². The van der Waals surface area contributed by atoms with E-state index in [1.54, 1.807) is 50.2 Å². The maximum atomic E-state index is 12.6. The van der Waals surface area contributed by atoms with Crippen LogP contribution >= 0.6 is 0 Å². The predicted octanol–water partition coefficient (Wildman–Crippen LogP) is 1.53. The van der Waals surface area contributed by atoms with Crippen LogP contribution in [0.2, 0.25) is 0 Å². The van der Waals surface area contributed by atoms with Gasteiger partial charge in [-0.25, -0.2) is 26.4 Å². The molecule has 0 atom stereocenters. The minimum Gasteiger partial charge on any atom is -0.748 e. The van der Waals surface area contributed by atoms with E-state index in [4.69, 9.17) is 9.47 Å². The van der Waals surface area contributed by atoms with Crippen LogP contribution in [0, 0.1) is 0 Å². The first-order valence-corrected chi connectivity index (χ1v) is 19.3. The number of fused-ring (bicyclic) bond motifs is 2. The summed E-state index contributed by atoms with van der Waals surface area (Å²) in [6, 6.07) is 10.4.